The lowest BCUT2D eigenvalue weighted by Gasteiger charge is -2.35. The first-order valence-corrected chi connectivity index (χ1v) is 11.0. The maximum absolute atomic E-state index is 13.3. The Labute approximate surface area is 170 Å². The number of aryl methyl sites for hydroxylation is 1. The molecule has 2 aromatic rings. The number of hydrogen-bond acceptors (Lipinski definition) is 4. The molecule has 0 saturated carbocycles. The van der Waals surface area contributed by atoms with E-state index >= 15 is 0 Å². The van der Waals surface area contributed by atoms with Crippen molar-refractivity contribution in [2.45, 2.75) is 37.7 Å². The number of hydrogen-bond donors (Lipinski definition) is 1. The number of fused-ring (bicyclic) bond motifs is 1. The summed E-state index contributed by atoms with van der Waals surface area (Å²) in [7, 11) is -3.89. The minimum Gasteiger partial charge on any atom is -0.476 e. The molecule has 3 rings (SSSR count). The highest BCUT2D eigenvalue weighted by molar-refractivity contribution is 7.92. The van der Waals surface area contributed by atoms with E-state index in [1.165, 1.54) is 10.4 Å². The Bertz CT molecular complexity index is 961. The molecule has 1 aliphatic rings. The molecule has 0 saturated heterocycles. The summed E-state index contributed by atoms with van der Waals surface area (Å²) in [6.07, 6.45) is 0.850. The molecule has 0 aliphatic carbocycles. The second-order valence-electron chi connectivity index (χ2n) is 6.71. The van der Waals surface area contributed by atoms with Crippen LogP contribution < -0.4 is 14.4 Å². The minimum absolute atomic E-state index is 0.124. The van der Waals surface area contributed by atoms with Crippen molar-refractivity contribution in [2.75, 3.05) is 17.4 Å². The number of ether oxygens (including phenoxy) is 1. The van der Waals surface area contributed by atoms with Crippen LogP contribution in [-0.4, -0.2) is 33.5 Å². The lowest BCUT2D eigenvalue weighted by Crippen LogP contribution is -2.50. The van der Waals surface area contributed by atoms with E-state index in [1.807, 2.05) is 13.8 Å². The summed E-state index contributed by atoms with van der Waals surface area (Å²) in [6, 6.07) is 11.3. The van der Waals surface area contributed by atoms with Gasteiger partial charge in [-0.25, -0.2) is 8.42 Å². The zero-order valence-corrected chi connectivity index (χ0v) is 17.4. The smallest absolute Gasteiger partial charge is 0.264 e. The topological polar surface area (TPSA) is 75.7 Å². The zero-order chi connectivity index (χ0) is 20.3. The highest BCUT2D eigenvalue weighted by atomic mass is 35.5. The molecular weight excluding hydrogens is 400 g/mol. The summed E-state index contributed by atoms with van der Waals surface area (Å²) in [5, 5.41) is 3.19. The van der Waals surface area contributed by atoms with Crippen molar-refractivity contribution < 1.29 is 17.9 Å². The Hall–Kier alpha value is -2.25. The Morgan fingerprint density at radius 3 is 2.64 bits per heavy atom. The first kappa shape index (κ1) is 20.5. The third-order valence-corrected chi connectivity index (χ3v) is 6.55. The molecule has 0 bridgehead atoms. The fraction of sp³-hybridized carbons (Fsp3) is 0.350. The van der Waals surface area contributed by atoms with E-state index in [4.69, 9.17) is 16.3 Å². The molecule has 2 aromatic carbocycles. The Kier molecular flexibility index (Phi) is 6.15. The van der Waals surface area contributed by atoms with E-state index in [0.717, 1.165) is 18.4 Å². The SMILES string of the molecule is CCCCNC(=O)[C@H]1CN(S(=O)(=O)c2ccc(C)cc2)c2cc(Cl)ccc2O1. The van der Waals surface area contributed by atoms with Crippen LogP contribution in [0, 0.1) is 6.92 Å². The maximum atomic E-state index is 13.3. The van der Waals surface area contributed by atoms with Gasteiger partial charge in [-0.1, -0.05) is 42.6 Å². The van der Waals surface area contributed by atoms with Crippen molar-refractivity contribution in [1.29, 1.82) is 0 Å². The predicted octanol–water partition coefficient (Wildman–Crippen LogP) is 3.52. The average Bonchev–Trinajstić information content (AvgIpc) is 2.67. The van der Waals surface area contributed by atoms with Crippen molar-refractivity contribution in [3.63, 3.8) is 0 Å². The van der Waals surface area contributed by atoms with E-state index in [-0.39, 0.29) is 17.3 Å². The molecule has 1 atom stereocenters. The molecule has 0 unspecified atom stereocenters. The third kappa shape index (κ3) is 4.25. The molecular formula is C20H23ClN2O4S. The van der Waals surface area contributed by atoms with Crippen LogP contribution in [0.3, 0.4) is 0 Å². The van der Waals surface area contributed by atoms with Gasteiger partial charge in [0.25, 0.3) is 15.9 Å². The minimum atomic E-state index is -3.89. The van der Waals surface area contributed by atoms with E-state index < -0.39 is 16.1 Å². The van der Waals surface area contributed by atoms with E-state index in [1.54, 1.807) is 36.4 Å². The van der Waals surface area contributed by atoms with Crippen LogP contribution in [-0.2, 0) is 14.8 Å². The standard InChI is InChI=1S/C20H23ClN2O4S/c1-3-4-11-22-20(24)19-13-23(17-12-15(21)7-10-18(17)27-19)28(25,26)16-8-5-14(2)6-9-16/h5-10,12,19H,3-4,11,13H2,1-2H3,(H,22,24)/t19-/m1/s1. The second-order valence-corrected chi connectivity index (χ2v) is 9.01. The molecule has 1 aliphatic heterocycles. The number of benzene rings is 2. The molecule has 1 heterocycles. The van der Waals surface area contributed by atoms with E-state index in [0.29, 0.717) is 23.0 Å². The van der Waals surface area contributed by atoms with Gasteiger partial charge in [-0.2, -0.15) is 0 Å². The van der Waals surface area contributed by atoms with Gasteiger partial charge in [-0.05, 0) is 43.7 Å². The quantitative estimate of drug-likeness (QED) is 0.722. The van der Waals surface area contributed by atoms with Gasteiger partial charge in [-0.15, -0.1) is 0 Å². The number of rotatable bonds is 6. The van der Waals surface area contributed by atoms with Crippen LogP contribution in [0.4, 0.5) is 5.69 Å². The first-order valence-electron chi connectivity index (χ1n) is 9.16. The second kappa shape index (κ2) is 8.41. The van der Waals surface area contributed by atoms with Gasteiger partial charge < -0.3 is 10.1 Å². The van der Waals surface area contributed by atoms with Crippen LogP contribution in [0.2, 0.25) is 5.02 Å². The molecule has 150 valence electrons. The fourth-order valence-corrected chi connectivity index (χ4v) is 4.56. The van der Waals surface area contributed by atoms with Crippen LogP contribution in [0.25, 0.3) is 0 Å². The lowest BCUT2D eigenvalue weighted by atomic mass is 10.2. The zero-order valence-electron chi connectivity index (χ0n) is 15.8. The first-order chi connectivity index (χ1) is 13.3. The highest BCUT2D eigenvalue weighted by Crippen LogP contribution is 2.38. The van der Waals surface area contributed by atoms with Crippen LogP contribution in [0.5, 0.6) is 5.75 Å². The summed E-state index contributed by atoms with van der Waals surface area (Å²) in [5.74, 6) is -0.0277. The summed E-state index contributed by atoms with van der Waals surface area (Å²) in [5.41, 5.74) is 1.28. The molecule has 0 radical (unpaired) electrons. The monoisotopic (exact) mass is 422 g/mol. The van der Waals surface area contributed by atoms with Gasteiger partial charge in [0.2, 0.25) is 0 Å². The van der Waals surface area contributed by atoms with E-state index in [9.17, 15) is 13.2 Å². The van der Waals surface area contributed by atoms with Crippen molar-refractivity contribution in [1.82, 2.24) is 5.32 Å². The van der Waals surface area contributed by atoms with Crippen molar-refractivity contribution >= 4 is 33.2 Å². The molecule has 0 aromatic heterocycles. The summed E-state index contributed by atoms with van der Waals surface area (Å²) < 4.78 is 33.6. The number of carbonyl (C=O) groups is 1. The van der Waals surface area contributed by atoms with Gasteiger partial charge in [0.15, 0.2) is 6.10 Å². The molecule has 1 N–H and O–H groups in total. The number of nitrogens with zero attached hydrogens (tertiary/aromatic N) is 1. The molecule has 0 spiro atoms. The molecule has 28 heavy (non-hydrogen) atoms. The van der Waals surface area contributed by atoms with Crippen LogP contribution >= 0.6 is 11.6 Å². The lowest BCUT2D eigenvalue weighted by molar-refractivity contribution is -0.127. The van der Waals surface area contributed by atoms with Gasteiger partial charge in [-0.3, -0.25) is 9.10 Å². The summed E-state index contributed by atoms with van der Waals surface area (Å²) in [4.78, 5) is 12.7. The van der Waals surface area contributed by atoms with Gasteiger partial charge in [0, 0.05) is 11.6 Å². The number of unbranched alkanes of at least 4 members (excludes halogenated alkanes) is 1. The molecule has 8 heteroatoms. The van der Waals surface area contributed by atoms with Gasteiger partial charge >= 0.3 is 0 Å². The fourth-order valence-electron chi connectivity index (χ4n) is 2.93. The molecule has 0 fully saturated rings. The summed E-state index contributed by atoms with van der Waals surface area (Å²) in [6.45, 7) is 4.31. The van der Waals surface area contributed by atoms with Crippen LogP contribution in [0.15, 0.2) is 47.4 Å². The maximum Gasteiger partial charge on any atom is 0.264 e. The number of amides is 1. The largest absolute Gasteiger partial charge is 0.476 e. The van der Waals surface area contributed by atoms with Gasteiger partial charge in [0.1, 0.15) is 5.75 Å². The van der Waals surface area contributed by atoms with Crippen molar-refractivity contribution in [3.05, 3.63) is 53.1 Å². The number of anilines is 1. The third-order valence-electron chi connectivity index (χ3n) is 4.52. The highest BCUT2D eigenvalue weighted by Gasteiger charge is 2.37. The number of halogens is 1. The Morgan fingerprint density at radius 1 is 1.25 bits per heavy atom. The van der Waals surface area contributed by atoms with E-state index in [2.05, 4.69) is 5.32 Å². The van der Waals surface area contributed by atoms with Crippen molar-refractivity contribution in [3.8, 4) is 5.75 Å². The predicted molar refractivity (Wildman–Crippen MR) is 109 cm³/mol. The Balaban J connectivity index is 1.97. The van der Waals surface area contributed by atoms with Gasteiger partial charge in [0.05, 0.1) is 17.1 Å². The molecule has 6 nitrogen and oxygen atoms in total. The number of nitrogens with one attached hydrogen (secondary N) is 1. The Morgan fingerprint density at radius 2 is 1.96 bits per heavy atom. The normalized spacial score (nSPS) is 16.2. The van der Waals surface area contributed by atoms with Crippen LogP contribution in [0.1, 0.15) is 25.3 Å². The average molecular weight is 423 g/mol. The number of sulfonamides is 1. The molecule has 1 amide bonds. The summed E-state index contributed by atoms with van der Waals surface area (Å²) >= 11 is 6.09. The van der Waals surface area contributed by atoms with Crippen molar-refractivity contribution in [2.24, 2.45) is 0 Å². The number of carbonyl (C=O) groups excluding carboxylic acids is 1.